The topological polar surface area (TPSA) is 32.3 Å². The lowest BCUT2D eigenvalue weighted by atomic mass is 10.1. The number of allylic oxidation sites excluding steroid dienone is 2. The number of thioether (sulfide) groups is 1. The Morgan fingerprint density at radius 2 is 1.76 bits per heavy atom. The van der Waals surface area contributed by atoms with E-state index in [4.69, 9.17) is 12.2 Å². The van der Waals surface area contributed by atoms with Gasteiger partial charge in [-0.1, -0.05) is 75.0 Å². The van der Waals surface area contributed by atoms with Crippen LogP contribution in [0.4, 0.5) is 5.69 Å². The van der Waals surface area contributed by atoms with Gasteiger partial charge in [-0.3, -0.25) is 4.79 Å². The van der Waals surface area contributed by atoms with Crippen molar-refractivity contribution < 1.29 is 4.79 Å². The molecule has 134 valence electrons. The molecule has 0 saturated carbocycles. The van der Waals surface area contributed by atoms with Crippen molar-refractivity contribution in [1.29, 1.82) is 0 Å². The number of carbonyl (C=O) groups excluding carboxylic acids is 1. The summed E-state index contributed by atoms with van der Waals surface area (Å²) in [5.41, 5.74) is 2.41. The summed E-state index contributed by atoms with van der Waals surface area (Å²) in [4.78, 5) is 14.7. The number of hydrogen-bond acceptors (Lipinski definition) is 4. The van der Waals surface area contributed by atoms with Crippen LogP contribution in [0, 0.1) is 0 Å². The number of rotatable bonds is 9. The molecule has 5 heteroatoms. The summed E-state index contributed by atoms with van der Waals surface area (Å²) >= 11 is 6.28. The van der Waals surface area contributed by atoms with Gasteiger partial charge in [0.05, 0.1) is 4.91 Å². The monoisotopic (exact) mass is 374 g/mol. The van der Waals surface area contributed by atoms with Gasteiger partial charge in [0.25, 0.3) is 5.91 Å². The first-order valence-corrected chi connectivity index (χ1v) is 10.1. The minimum Gasteiger partial charge on any atom is -0.372 e. The molecule has 1 aromatic carbocycles. The van der Waals surface area contributed by atoms with E-state index in [-0.39, 0.29) is 5.91 Å². The molecule has 1 heterocycles. The molecule has 0 spiro atoms. The number of benzene rings is 1. The van der Waals surface area contributed by atoms with E-state index in [1.54, 1.807) is 0 Å². The van der Waals surface area contributed by atoms with Crippen molar-refractivity contribution in [1.82, 2.24) is 5.32 Å². The van der Waals surface area contributed by atoms with E-state index in [0.29, 0.717) is 9.23 Å². The largest absolute Gasteiger partial charge is 0.372 e. The van der Waals surface area contributed by atoms with Gasteiger partial charge in [-0.05, 0) is 36.6 Å². The molecular weight excluding hydrogens is 348 g/mol. The molecule has 0 bridgehead atoms. The number of amides is 1. The molecule has 1 aromatic rings. The minimum atomic E-state index is -0.113. The van der Waals surface area contributed by atoms with E-state index in [1.165, 1.54) is 43.1 Å². The minimum absolute atomic E-state index is 0.113. The van der Waals surface area contributed by atoms with Crippen LogP contribution in [-0.2, 0) is 4.79 Å². The first kappa shape index (κ1) is 19.7. The second-order valence-corrected chi connectivity index (χ2v) is 7.74. The maximum absolute atomic E-state index is 11.6. The number of carbonyl (C=O) groups is 1. The smallest absolute Gasteiger partial charge is 0.263 e. The van der Waals surface area contributed by atoms with Gasteiger partial charge in [0, 0.05) is 18.8 Å². The maximum atomic E-state index is 11.6. The molecule has 1 amide bonds. The lowest BCUT2D eigenvalue weighted by Crippen LogP contribution is -2.25. The lowest BCUT2D eigenvalue weighted by Gasteiger charge is -2.24. The molecule has 1 N–H and O–H groups in total. The molecule has 0 aromatic heterocycles. The molecule has 1 fully saturated rings. The highest BCUT2D eigenvalue weighted by Crippen LogP contribution is 2.23. The lowest BCUT2D eigenvalue weighted by molar-refractivity contribution is -0.115. The standard InChI is InChI=1S/C20H26N2OS2/c1-3-5-14-22(15-6-4-2)17-12-10-16(11-13-17)8-7-9-18-19(23)21-20(24)25-18/h7-13H,3-6,14-15H2,1-2H3,(H,21,23,24). The zero-order valence-corrected chi connectivity index (χ0v) is 16.6. The average Bonchev–Trinajstić information content (AvgIpc) is 2.93. The quantitative estimate of drug-likeness (QED) is 0.479. The van der Waals surface area contributed by atoms with Crippen molar-refractivity contribution in [2.75, 3.05) is 18.0 Å². The van der Waals surface area contributed by atoms with E-state index >= 15 is 0 Å². The molecule has 25 heavy (non-hydrogen) atoms. The molecule has 3 nitrogen and oxygen atoms in total. The van der Waals surface area contributed by atoms with Gasteiger partial charge in [-0.25, -0.2) is 0 Å². The number of anilines is 1. The first-order chi connectivity index (χ1) is 12.1. The van der Waals surface area contributed by atoms with Gasteiger partial charge >= 0.3 is 0 Å². The number of nitrogens with one attached hydrogen (secondary N) is 1. The fraction of sp³-hybridized carbons (Fsp3) is 0.400. The zero-order valence-electron chi connectivity index (χ0n) is 15.0. The molecule has 0 radical (unpaired) electrons. The van der Waals surface area contributed by atoms with Crippen LogP contribution in [0.15, 0.2) is 41.3 Å². The Morgan fingerprint density at radius 3 is 2.28 bits per heavy atom. The summed E-state index contributed by atoms with van der Waals surface area (Å²) in [6.45, 7) is 6.69. The zero-order chi connectivity index (χ0) is 18.1. The van der Waals surface area contributed by atoms with Crippen LogP contribution in [0.2, 0.25) is 0 Å². The Hall–Kier alpha value is -1.59. The van der Waals surface area contributed by atoms with Crippen LogP contribution in [0.5, 0.6) is 0 Å². The fourth-order valence-corrected chi connectivity index (χ4v) is 3.54. The van der Waals surface area contributed by atoms with E-state index < -0.39 is 0 Å². The van der Waals surface area contributed by atoms with Gasteiger partial charge in [-0.2, -0.15) is 0 Å². The fourth-order valence-electron chi connectivity index (χ4n) is 2.55. The van der Waals surface area contributed by atoms with Crippen LogP contribution < -0.4 is 10.2 Å². The third-order valence-corrected chi connectivity index (χ3v) is 5.18. The van der Waals surface area contributed by atoms with Crippen molar-refractivity contribution >= 4 is 46.0 Å². The third-order valence-electron chi connectivity index (χ3n) is 4.00. The van der Waals surface area contributed by atoms with Crippen molar-refractivity contribution in [3.8, 4) is 0 Å². The van der Waals surface area contributed by atoms with Gasteiger partial charge in [0.15, 0.2) is 0 Å². The second kappa shape index (κ2) is 10.4. The highest BCUT2D eigenvalue weighted by molar-refractivity contribution is 8.26. The summed E-state index contributed by atoms with van der Waals surface area (Å²) in [6.07, 6.45) is 10.6. The van der Waals surface area contributed by atoms with Gasteiger partial charge < -0.3 is 10.2 Å². The highest BCUT2D eigenvalue weighted by atomic mass is 32.2. The van der Waals surface area contributed by atoms with E-state index in [1.807, 2.05) is 18.2 Å². The third kappa shape index (κ3) is 6.33. The number of hydrogen-bond donors (Lipinski definition) is 1. The van der Waals surface area contributed by atoms with E-state index in [9.17, 15) is 4.79 Å². The van der Waals surface area contributed by atoms with Crippen LogP contribution in [0.25, 0.3) is 6.08 Å². The van der Waals surface area contributed by atoms with E-state index in [0.717, 1.165) is 18.7 Å². The maximum Gasteiger partial charge on any atom is 0.263 e. The summed E-state index contributed by atoms with van der Waals surface area (Å²) < 4.78 is 0.522. The predicted octanol–water partition coefficient (Wildman–Crippen LogP) is 5.14. The normalized spacial score (nSPS) is 16.0. The predicted molar refractivity (Wildman–Crippen MR) is 114 cm³/mol. The number of thiocarbonyl (C=S) groups is 1. The van der Waals surface area contributed by atoms with Crippen LogP contribution in [0.1, 0.15) is 45.1 Å². The van der Waals surface area contributed by atoms with Gasteiger partial charge in [0.1, 0.15) is 4.32 Å². The molecule has 0 unspecified atom stereocenters. The van der Waals surface area contributed by atoms with Crippen molar-refractivity contribution in [3.05, 3.63) is 46.9 Å². The molecule has 0 aliphatic carbocycles. The van der Waals surface area contributed by atoms with E-state index in [2.05, 4.69) is 48.3 Å². The van der Waals surface area contributed by atoms with Crippen molar-refractivity contribution in [2.45, 2.75) is 39.5 Å². The van der Waals surface area contributed by atoms with Crippen LogP contribution >= 0.6 is 24.0 Å². The Kier molecular flexibility index (Phi) is 8.22. The van der Waals surface area contributed by atoms with Crippen LogP contribution in [0.3, 0.4) is 0 Å². The van der Waals surface area contributed by atoms with Gasteiger partial charge in [-0.15, -0.1) is 0 Å². The first-order valence-electron chi connectivity index (χ1n) is 8.90. The highest BCUT2D eigenvalue weighted by Gasteiger charge is 2.20. The molecular formula is C20H26N2OS2. The summed E-state index contributed by atoms with van der Waals surface area (Å²) in [6, 6.07) is 8.62. The van der Waals surface area contributed by atoms with Crippen molar-refractivity contribution in [2.24, 2.45) is 0 Å². The summed E-state index contributed by atoms with van der Waals surface area (Å²) in [5, 5.41) is 2.62. The molecule has 1 aliphatic heterocycles. The summed E-state index contributed by atoms with van der Waals surface area (Å²) in [7, 11) is 0. The van der Waals surface area contributed by atoms with Crippen LogP contribution in [-0.4, -0.2) is 23.3 Å². The van der Waals surface area contributed by atoms with Crippen molar-refractivity contribution in [3.63, 3.8) is 0 Å². The Balaban J connectivity index is 2.00. The molecule has 2 rings (SSSR count). The average molecular weight is 375 g/mol. The second-order valence-electron chi connectivity index (χ2n) is 6.02. The SMILES string of the molecule is CCCCN(CCCC)c1ccc(C=CC=C2SC(=S)NC2=O)cc1. The van der Waals surface area contributed by atoms with Gasteiger partial charge in [0.2, 0.25) is 0 Å². The Bertz CT molecular complexity index is 642. The number of unbranched alkanes of at least 4 members (excludes halogenated alkanes) is 2. The molecule has 1 saturated heterocycles. The summed E-state index contributed by atoms with van der Waals surface area (Å²) in [5.74, 6) is -0.113. The molecule has 1 aliphatic rings. The Labute approximate surface area is 160 Å². The number of nitrogens with zero attached hydrogens (tertiary/aromatic N) is 1. The molecule has 0 atom stereocenters. The Morgan fingerprint density at radius 1 is 1.12 bits per heavy atom.